The summed E-state index contributed by atoms with van der Waals surface area (Å²) in [6.07, 6.45) is 0.995. The first kappa shape index (κ1) is 5.69. The van der Waals surface area contributed by atoms with Crippen molar-refractivity contribution in [2.75, 3.05) is 13.1 Å². The van der Waals surface area contributed by atoms with E-state index in [1.54, 1.807) is 0 Å². The molecule has 0 aromatic carbocycles. The lowest BCUT2D eigenvalue weighted by molar-refractivity contribution is -0.0638. The van der Waals surface area contributed by atoms with Gasteiger partial charge in [-0.2, -0.15) is 0 Å². The van der Waals surface area contributed by atoms with Gasteiger partial charge in [0, 0.05) is 19.0 Å². The van der Waals surface area contributed by atoms with E-state index in [-0.39, 0.29) is 6.10 Å². The van der Waals surface area contributed by atoms with Crippen LogP contribution in [0.4, 0.5) is 0 Å². The van der Waals surface area contributed by atoms with Crippen LogP contribution in [0.5, 0.6) is 0 Å². The molecule has 3 unspecified atom stereocenters. The summed E-state index contributed by atoms with van der Waals surface area (Å²) in [4.78, 5) is 0. The second-order valence-corrected chi connectivity index (χ2v) is 3.66. The van der Waals surface area contributed by atoms with Gasteiger partial charge in [-0.15, -0.1) is 0 Å². The molecule has 0 spiro atoms. The Kier molecular flexibility index (Phi) is 0.945. The van der Waals surface area contributed by atoms with Crippen LogP contribution >= 0.6 is 0 Å². The van der Waals surface area contributed by atoms with Crippen LogP contribution in [0.15, 0.2) is 0 Å². The summed E-state index contributed by atoms with van der Waals surface area (Å²) in [5.74, 6) is 0.553. The second kappa shape index (κ2) is 1.50. The maximum atomic E-state index is 9.24. The summed E-state index contributed by atoms with van der Waals surface area (Å²) in [7, 11) is 0. The van der Waals surface area contributed by atoms with Crippen molar-refractivity contribution in [3.63, 3.8) is 0 Å². The van der Waals surface area contributed by atoms with Crippen LogP contribution in [-0.2, 0) is 0 Å². The molecule has 2 N–H and O–H groups in total. The van der Waals surface area contributed by atoms with Crippen molar-refractivity contribution in [2.45, 2.75) is 19.4 Å². The van der Waals surface area contributed by atoms with Crippen molar-refractivity contribution < 1.29 is 5.11 Å². The van der Waals surface area contributed by atoms with E-state index in [9.17, 15) is 5.11 Å². The SMILES string of the molecule is CC12CNCC1C(O)C2. The zero-order chi connectivity index (χ0) is 6.48. The Morgan fingerprint density at radius 1 is 1.67 bits per heavy atom. The Morgan fingerprint density at radius 3 is 2.89 bits per heavy atom. The fourth-order valence-electron chi connectivity index (χ4n) is 2.17. The molecule has 1 heterocycles. The van der Waals surface area contributed by atoms with Crippen molar-refractivity contribution in [3.8, 4) is 0 Å². The number of rotatable bonds is 0. The average Bonchev–Trinajstić information content (AvgIpc) is 2.06. The van der Waals surface area contributed by atoms with Gasteiger partial charge in [-0.25, -0.2) is 0 Å². The van der Waals surface area contributed by atoms with Crippen molar-refractivity contribution in [3.05, 3.63) is 0 Å². The molecule has 9 heavy (non-hydrogen) atoms. The van der Waals surface area contributed by atoms with E-state index in [4.69, 9.17) is 0 Å². The van der Waals surface area contributed by atoms with Crippen LogP contribution < -0.4 is 5.32 Å². The average molecular weight is 127 g/mol. The summed E-state index contributed by atoms with van der Waals surface area (Å²) in [6.45, 7) is 4.39. The number of aliphatic hydroxyl groups excluding tert-OH is 1. The topological polar surface area (TPSA) is 32.3 Å². The van der Waals surface area contributed by atoms with Crippen LogP contribution in [-0.4, -0.2) is 24.3 Å². The van der Waals surface area contributed by atoms with Crippen molar-refractivity contribution in [1.82, 2.24) is 5.32 Å². The maximum Gasteiger partial charge on any atom is 0.0592 e. The molecule has 1 saturated carbocycles. The first-order chi connectivity index (χ1) is 4.22. The molecule has 3 atom stereocenters. The number of hydrogen-bond donors (Lipinski definition) is 2. The molecule has 1 aliphatic heterocycles. The van der Waals surface area contributed by atoms with Crippen LogP contribution in [0.25, 0.3) is 0 Å². The Labute approximate surface area is 55.3 Å². The van der Waals surface area contributed by atoms with Gasteiger partial charge in [0.25, 0.3) is 0 Å². The number of hydrogen-bond acceptors (Lipinski definition) is 2. The highest BCUT2D eigenvalue weighted by Gasteiger charge is 2.52. The van der Waals surface area contributed by atoms with Gasteiger partial charge in [-0.3, -0.25) is 0 Å². The summed E-state index contributed by atoms with van der Waals surface area (Å²) < 4.78 is 0. The summed E-state index contributed by atoms with van der Waals surface area (Å²) >= 11 is 0. The Morgan fingerprint density at radius 2 is 2.44 bits per heavy atom. The molecule has 0 bridgehead atoms. The Balaban J connectivity index is 2.13. The van der Waals surface area contributed by atoms with Gasteiger partial charge < -0.3 is 10.4 Å². The molecule has 1 aliphatic carbocycles. The van der Waals surface area contributed by atoms with E-state index in [2.05, 4.69) is 12.2 Å². The first-order valence-electron chi connectivity index (χ1n) is 3.61. The van der Waals surface area contributed by atoms with Crippen molar-refractivity contribution >= 4 is 0 Å². The number of aliphatic hydroxyl groups is 1. The summed E-state index contributed by atoms with van der Waals surface area (Å²) in [6, 6.07) is 0. The van der Waals surface area contributed by atoms with Gasteiger partial charge in [0.15, 0.2) is 0 Å². The van der Waals surface area contributed by atoms with Crippen molar-refractivity contribution in [2.24, 2.45) is 11.3 Å². The van der Waals surface area contributed by atoms with Gasteiger partial charge in [-0.1, -0.05) is 6.92 Å². The minimum atomic E-state index is -0.00926. The van der Waals surface area contributed by atoms with Crippen LogP contribution in [0.2, 0.25) is 0 Å². The lowest BCUT2D eigenvalue weighted by Crippen LogP contribution is -2.48. The summed E-state index contributed by atoms with van der Waals surface area (Å²) in [5.41, 5.74) is 0.444. The highest BCUT2D eigenvalue weighted by molar-refractivity contribution is 5.05. The number of fused-ring (bicyclic) bond motifs is 1. The van der Waals surface area contributed by atoms with Crippen LogP contribution in [0.3, 0.4) is 0 Å². The molecule has 2 aliphatic rings. The highest BCUT2D eigenvalue weighted by Crippen LogP contribution is 2.48. The lowest BCUT2D eigenvalue weighted by atomic mass is 9.61. The van der Waals surface area contributed by atoms with E-state index in [0.29, 0.717) is 11.3 Å². The third kappa shape index (κ3) is 0.578. The van der Waals surface area contributed by atoms with Crippen LogP contribution in [0.1, 0.15) is 13.3 Å². The van der Waals surface area contributed by atoms with Crippen LogP contribution in [0, 0.1) is 11.3 Å². The first-order valence-corrected chi connectivity index (χ1v) is 3.61. The van der Waals surface area contributed by atoms with Crippen molar-refractivity contribution in [1.29, 1.82) is 0 Å². The molecule has 2 rings (SSSR count). The second-order valence-electron chi connectivity index (χ2n) is 3.66. The molecule has 0 aromatic heterocycles. The van der Waals surface area contributed by atoms with Gasteiger partial charge in [0.2, 0.25) is 0 Å². The Bertz CT molecular complexity index is 137. The zero-order valence-electron chi connectivity index (χ0n) is 5.72. The van der Waals surface area contributed by atoms with E-state index >= 15 is 0 Å². The molecule has 0 aromatic rings. The Hall–Kier alpha value is -0.0800. The molecule has 0 radical (unpaired) electrons. The number of nitrogens with one attached hydrogen (secondary N) is 1. The lowest BCUT2D eigenvalue weighted by Gasteiger charge is -2.45. The molecular formula is C7H13NO. The standard InChI is InChI=1S/C7H13NO/c1-7-2-6(9)5(7)3-8-4-7/h5-6,8-9H,2-4H2,1H3. The van der Waals surface area contributed by atoms with Gasteiger partial charge in [0.05, 0.1) is 6.10 Å². The normalized spacial score (nSPS) is 56.7. The largest absolute Gasteiger partial charge is 0.393 e. The molecule has 0 amide bonds. The fraction of sp³-hybridized carbons (Fsp3) is 1.00. The van der Waals surface area contributed by atoms with Gasteiger partial charge >= 0.3 is 0 Å². The quantitative estimate of drug-likeness (QED) is 0.479. The highest BCUT2D eigenvalue weighted by atomic mass is 16.3. The maximum absolute atomic E-state index is 9.24. The van der Waals surface area contributed by atoms with E-state index in [1.165, 1.54) is 0 Å². The third-order valence-corrected chi connectivity index (χ3v) is 2.93. The minimum Gasteiger partial charge on any atom is -0.393 e. The molecular weight excluding hydrogens is 114 g/mol. The summed E-state index contributed by atoms with van der Waals surface area (Å²) in [5, 5.41) is 12.5. The fourth-order valence-corrected chi connectivity index (χ4v) is 2.17. The predicted octanol–water partition coefficient (Wildman–Crippen LogP) is -0.0233. The smallest absolute Gasteiger partial charge is 0.0592 e. The van der Waals surface area contributed by atoms with E-state index < -0.39 is 0 Å². The van der Waals surface area contributed by atoms with E-state index in [0.717, 1.165) is 19.5 Å². The predicted molar refractivity (Wildman–Crippen MR) is 35.1 cm³/mol. The minimum absolute atomic E-state index is 0.00926. The van der Waals surface area contributed by atoms with Gasteiger partial charge in [-0.05, 0) is 11.8 Å². The zero-order valence-corrected chi connectivity index (χ0v) is 5.72. The molecule has 52 valence electrons. The third-order valence-electron chi connectivity index (χ3n) is 2.93. The monoisotopic (exact) mass is 127 g/mol. The molecule has 2 nitrogen and oxygen atoms in total. The van der Waals surface area contributed by atoms with Gasteiger partial charge in [0.1, 0.15) is 0 Å². The molecule has 1 saturated heterocycles. The molecule has 2 heteroatoms. The molecule has 2 fully saturated rings. The van der Waals surface area contributed by atoms with E-state index in [1.807, 2.05) is 0 Å².